The molecule has 1 fully saturated rings. The van der Waals surface area contributed by atoms with Gasteiger partial charge in [0.2, 0.25) is 0 Å². The molecule has 2 aromatic rings. The van der Waals surface area contributed by atoms with Crippen molar-refractivity contribution in [2.45, 2.75) is 39.3 Å². The van der Waals surface area contributed by atoms with Crippen molar-refractivity contribution in [2.24, 2.45) is 0 Å². The van der Waals surface area contributed by atoms with Crippen LogP contribution in [0.25, 0.3) is 0 Å². The molecule has 1 aromatic carbocycles. The van der Waals surface area contributed by atoms with E-state index in [9.17, 15) is 9.18 Å². The maximum atomic E-state index is 13.1. The minimum absolute atomic E-state index is 0.0104. The summed E-state index contributed by atoms with van der Waals surface area (Å²) in [5.41, 5.74) is 3.08. The molecular formula is C22H29FN4O. The Kier molecular flexibility index (Phi) is 6.98. The molecule has 0 spiro atoms. The first-order chi connectivity index (χ1) is 13.5. The third kappa shape index (κ3) is 6.02. The van der Waals surface area contributed by atoms with Gasteiger partial charge in [-0.2, -0.15) is 0 Å². The predicted molar refractivity (Wildman–Crippen MR) is 109 cm³/mol. The number of halogens is 1. The Hall–Kier alpha value is -2.47. The quantitative estimate of drug-likeness (QED) is 0.860. The van der Waals surface area contributed by atoms with E-state index in [1.54, 1.807) is 0 Å². The number of hydrogen-bond acceptors (Lipinski definition) is 3. The van der Waals surface area contributed by atoms with Gasteiger partial charge in [0.25, 0.3) is 0 Å². The lowest BCUT2D eigenvalue weighted by Crippen LogP contribution is -2.46. The highest BCUT2D eigenvalue weighted by molar-refractivity contribution is 5.74. The first kappa shape index (κ1) is 20.3. The van der Waals surface area contributed by atoms with Crippen molar-refractivity contribution in [1.29, 1.82) is 0 Å². The normalized spacial score (nSPS) is 16.5. The van der Waals surface area contributed by atoms with Gasteiger partial charge in [-0.05, 0) is 50.1 Å². The monoisotopic (exact) mass is 384 g/mol. The molecule has 0 aliphatic carbocycles. The summed E-state index contributed by atoms with van der Waals surface area (Å²) in [5, 5.41) is 3.10. The molecule has 1 aromatic heterocycles. The second kappa shape index (κ2) is 9.64. The van der Waals surface area contributed by atoms with Crippen LogP contribution in [-0.4, -0.2) is 53.0 Å². The van der Waals surface area contributed by atoms with Crippen molar-refractivity contribution in [2.75, 3.05) is 26.2 Å². The third-order valence-corrected chi connectivity index (χ3v) is 5.03. The minimum atomic E-state index is -0.211. The van der Waals surface area contributed by atoms with Gasteiger partial charge in [0.1, 0.15) is 5.82 Å². The summed E-state index contributed by atoms with van der Waals surface area (Å²) in [6.45, 7) is 7.97. The Morgan fingerprint density at radius 1 is 1.14 bits per heavy atom. The SMILES string of the molecule is Cc1cccc(C[C@H](C)NC(=O)N2CCCN(Cc3ccc(F)cc3)CC2)n1. The highest BCUT2D eigenvalue weighted by Gasteiger charge is 2.20. The lowest BCUT2D eigenvalue weighted by atomic mass is 10.1. The maximum Gasteiger partial charge on any atom is 0.317 e. The Balaban J connectivity index is 1.47. The number of nitrogens with one attached hydrogen (secondary N) is 1. The van der Waals surface area contributed by atoms with Gasteiger partial charge in [-0.1, -0.05) is 18.2 Å². The number of amides is 2. The zero-order valence-electron chi connectivity index (χ0n) is 16.7. The molecule has 0 saturated carbocycles. The molecular weight excluding hydrogens is 355 g/mol. The van der Waals surface area contributed by atoms with Crippen molar-refractivity contribution in [3.8, 4) is 0 Å². The first-order valence-electron chi connectivity index (χ1n) is 9.94. The molecule has 0 unspecified atom stereocenters. The van der Waals surface area contributed by atoms with Crippen LogP contribution in [0.3, 0.4) is 0 Å². The van der Waals surface area contributed by atoms with E-state index in [-0.39, 0.29) is 17.9 Å². The first-order valence-corrected chi connectivity index (χ1v) is 9.94. The smallest absolute Gasteiger partial charge is 0.317 e. The average molecular weight is 384 g/mol. The second-order valence-corrected chi connectivity index (χ2v) is 7.57. The van der Waals surface area contributed by atoms with E-state index in [0.717, 1.165) is 56.0 Å². The van der Waals surface area contributed by atoms with Gasteiger partial charge in [-0.3, -0.25) is 9.88 Å². The van der Waals surface area contributed by atoms with Crippen LogP contribution >= 0.6 is 0 Å². The summed E-state index contributed by atoms with van der Waals surface area (Å²) in [6.07, 6.45) is 1.65. The highest BCUT2D eigenvalue weighted by atomic mass is 19.1. The van der Waals surface area contributed by atoms with E-state index in [0.29, 0.717) is 6.54 Å². The van der Waals surface area contributed by atoms with Crippen LogP contribution in [0.4, 0.5) is 9.18 Å². The molecule has 0 bridgehead atoms. The second-order valence-electron chi connectivity index (χ2n) is 7.57. The standard InChI is InChI=1S/C22H29FN4O/c1-17-5-3-6-21(24-17)15-18(2)25-22(28)27-12-4-11-26(13-14-27)16-19-7-9-20(23)10-8-19/h3,5-10,18H,4,11-16H2,1-2H3,(H,25,28)/t18-/m0/s1. The third-order valence-electron chi connectivity index (χ3n) is 5.03. The van der Waals surface area contributed by atoms with Crippen LogP contribution in [0.1, 0.15) is 30.3 Å². The number of nitrogens with zero attached hydrogens (tertiary/aromatic N) is 3. The minimum Gasteiger partial charge on any atom is -0.335 e. The summed E-state index contributed by atoms with van der Waals surface area (Å²) in [4.78, 5) is 21.4. The van der Waals surface area contributed by atoms with Crippen LogP contribution in [0.15, 0.2) is 42.5 Å². The van der Waals surface area contributed by atoms with Crippen LogP contribution in [0, 0.1) is 12.7 Å². The fourth-order valence-electron chi connectivity index (χ4n) is 3.56. The molecule has 1 aliphatic heterocycles. The van der Waals surface area contributed by atoms with Crippen molar-refractivity contribution >= 4 is 6.03 Å². The van der Waals surface area contributed by atoms with Gasteiger partial charge in [0, 0.05) is 56.6 Å². The molecule has 1 N–H and O–H groups in total. The molecule has 1 aliphatic rings. The van der Waals surface area contributed by atoms with E-state index < -0.39 is 0 Å². The summed E-state index contributed by atoms with van der Waals surface area (Å²) in [6, 6.07) is 12.6. The topological polar surface area (TPSA) is 48.5 Å². The molecule has 6 heteroatoms. The molecule has 28 heavy (non-hydrogen) atoms. The average Bonchev–Trinajstić information content (AvgIpc) is 2.89. The Labute approximate surface area is 166 Å². The fourth-order valence-corrected chi connectivity index (χ4v) is 3.56. The Morgan fingerprint density at radius 3 is 2.68 bits per heavy atom. The largest absolute Gasteiger partial charge is 0.335 e. The lowest BCUT2D eigenvalue weighted by Gasteiger charge is -2.24. The van der Waals surface area contributed by atoms with Crippen molar-refractivity contribution in [1.82, 2.24) is 20.1 Å². The molecule has 150 valence electrons. The fraction of sp³-hybridized carbons (Fsp3) is 0.455. The lowest BCUT2D eigenvalue weighted by molar-refractivity contribution is 0.194. The van der Waals surface area contributed by atoms with Crippen LogP contribution in [0.5, 0.6) is 0 Å². The predicted octanol–water partition coefficient (Wildman–Crippen LogP) is 3.38. The molecule has 1 saturated heterocycles. The molecule has 5 nitrogen and oxygen atoms in total. The number of urea groups is 1. The van der Waals surface area contributed by atoms with E-state index >= 15 is 0 Å². The van der Waals surface area contributed by atoms with Gasteiger partial charge in [-0.25, -0.2) is 9.18 Å². The number of aryl methyl sites for hydroxylation is 1. The zero-order chi connectivity index (χ0) is 19.9. The number of aromatic nitrogens is 1. The van der Waals surface area contributed by atoms with E-state index in [2.05, 4.69) is 15.2 Å². The van der Waals surface area contributed by atoms with Gasteiger partial charge >= 0.3 is 6.03 Å². The van der Waals surface area contributed by atoms with E-state index in [1.807, 2.05) is 49.1 Å². The van der Waals surface area contributed by atoms with E-state index in [1.165, 1.54) is 12.1 Å². The number of carbonyl (C=O) groups is 1. The summed E-state index contributed by atoms with van der Waals surface area (Å²) in [5.74, 6) is -0.211. The number of rotatable bonds is 5. The number of pyridine rings is 1. The Morgan fingerprint density at radius 2 is 1.93 bits per heavy atom. The summed E-state index contributed by atoms with van der Waals surface area (Å²) < 4.78 is 13.1. The molecule has 2 amide bonds. The van der Waals surface area contributed by atoms with Crippen molar-refractivity contribution in [3.63, 3.8) is 0 Å². The summed E-state index contributed by atoms with van der Waals surface area (Å²) >= 11 is 0. The summed E-state index contributed by atoms with van der Waals surface area (Å²) in [7, 11) is 0. The highest BCUT2D eigenvalue weighted by Crippen LogP contribution is 2.11. The number of benzene rings is 1. The zero-order valence-corrected chi connectivity index (χ0v) is 16.7. The molecule has 3 rings (SSSR count). The Bertz CT molecular complexity index is 780. The van der Waals surface area contributed by atoms with Gasteiger partial charge in [0.05, 0.1) is 0 Å². The van der Waals surface area contributed by atoms with E-state index in [4.69, 9.17) is 0 Å². The van der Waals surface area contributed by atoms with Gasteiger partial charge in [0.15, 0.2) is 0 Å². The number of hydrogen-bond donors (Lipinski definition) is 1. The van der Waals surface area contributed by atoms with Gasteiger partial charge < -0.3 is 10.2 Å². The maximum absolute atomic E-state index is 13.1. The molecule has 2 heterocycles. The van der Waals surface area contributed by atoms with Gasteiger partial charge in [-0.15, -0.1) is 0 Å². The van der Waals surface area contributed by atoms with Crippen molar-refractivity contribution in [3.05, 3.63) is 65.2 Å². The number of carbonyl (C=O) groups excluding carboxylic acids is 1. The molecule has 0 radical (unpaired) electrons. The van der Waals surface area contributed by atoms with Crippen LogP contribution < -0.4 is 5.32 Å². The van der Waals surface area contributed by atoms with Crippen molar-refractivity contribution < 1.29 is 9.18 Å². The molecule has 1 atom stereocenters. The van der Waals surface area contributed by atoms with Crippen LogP contribution in [0.2, 0.25) is 0 Å². The van der Waals surface area contributed by atoms with Crippen LogP contribution in [-0.2, 0) is 13.0 Å².